The molecule has 0 aromatic carbocycles. The smallest absolute Gasteiger partial charge is 0.161 e. The molecule has 0 heterocycles. The van der Waals surface area contributed by atoms with Crippen molar-refractivity contribution in [2.24, 2.45) is 5.92 Å². The molecule has 0 aliphatic heterocycles. The van der Waals surface area contributed by atoms with Crippen LogP contribution < -0.4 is 0 Å². The van der Waals surface area contributed by atoms with Gasteiger partial charge in [-0.15, -0.1) is 0 Å². The molecular weight excluding hydrogens is 292 g/mol. The van der Waals surface area contributed by atoms with Crippen LogP contribution in [0.3, 0.4) is 0 Å². The lowest BCUT2D eigenvalue weighted by atomic mass is 9.86. The Labute approximate surface area is 141 Å². The summed E-state index contributed by atoms with van der Waals surface area (Å²) in [6, 6.07) is 0. The van der Waals surface area contributed by atoms with Gasteiger partial charge >= 0.3 is 0 Å². The van der Waals surface area contributed by atoms with E-state index in [1.807, 2.05) is 61.5 Å². The lowest BCUT2D eigenvalue weighted by Crippen LogP contribution is -2.48. The minimum absolute atomic E-state index is 0.0248. The average Bonchev–Trinajstić information content (AvgIpc) is 2.39. The fourth-order valence-electron chi connectivity index (χ4n) is 2.84. The molecule has 0 aromatic heterocycles. The molecular formula is C19H34O4. The highest BCUT2D eigenvalue weighted by Gasteiger charge is 2.39. The van der Waals surface area contributed by atoms with Crippen molar-refractivity contribution in [1.82, 2.24) is 0 Å². The summed E-state index contributed by atoms with van der Waals surface area (Å²) in [5.74, 6) is 0.144. The van der Waals surface area contributed by atoms with Crippen molar-refractivity contribution in [2.75, 3.05) is 0 Å². The topological polar surface area (TPSA) is 44.8 Å². The largest absolute Gasteiger partial charge is 0.372 e. The Hall–Kier alpha value is -0.710. The van der Waals surface area contributed by atoms with Gasteiger partial charge in [-0.25, -0.2) is 0 Å². The van der Waals surface area contributed by atoms with Gasteiger partial charge in [0.25, 0.3) is 0 Å². The molecule has 4 heteroatoms. The zero-order chi connectivity index (χ0) is 17.7. The van der Waals surface area contributed by atoms with E-state index in [4.69, 9.17) is 14.2 Å². The van der Waals surface area contributed by atoms with Crippen molar-refractivity contribution in [1.29, 1.82) is 0 Å². The number of carbonyl (C=O) groups is 1. The maximum atomic E-state index is 12.5. The zero-order valence-corrected chi connectivity index (χ0v) is 16.0. The molecule has 0 fully saturated rings. The van der Waals surface area contributed by atoms with Crippen LogP contribution in [0.15, 0.2) is 11.6 Å². The maximum Gasteiger partial charge on any atom is 0.161 e. The summed E-state index contributed by atoms with van der Waals surface area (Å²) in [5.41, 5.74) is 0.805. The SMILES string of the molecule is CC(C)OC1C=C(C(=O)C(C)C)CC(OC(C)C)C1OC(C)C. The number of hydrogen-bond acceptors (Lipinski definition) is 4. The number of carbonyl (C=O) groups excluding carboxylic acids is 1. The summed E-state index contributed by atoms with van der Waals surface area (Å²) >= 11 is 0. The molecule has 0 aromatic rings. The Balaban J connectivity index is 3.12. The van der Waals surface area contributed by atoms with Crippen LogP contribution in [-0.4, -0.2) is 42.4 Å². The minimum Gasteiger partial charge on any atom is -0.372 e. The van der Waals surface area contributed by atoms with E-state index in [-0.39, 0.29) is 48.3 Å². The molecule has 0 bridgehead atoms. The second kappa shape index (κ2) is 8.95. The minimum atomic E-state index is -0.257. The predicted octanol–water partition coefficient (Wildman–Crippen LogP) is 3.92. The molecule has 1 rings (SSSR count). The van der Waals surface area contributed by atoms with Crippen molar-refractivity contribution in [3.05, 3.63) is 11.6 Å². The Morgan fingerprint density at radius 3 is 1.87 bits per heavy atom. The molecule has 3 unspecified atom stereocenters. The van der Waals surface area contributed by atoms with Crippen LogP contribution in [0.2, 0.25) is 0 Å². The van der Waals surface area contributed by atoms with E-state index in [2.05, 4.69) is 0 Å². The third-order valence-electron chi connectivity index (χ3n) is 3.62. The summed E-state index contributed by atoms with van der Waals surface area (Å²) in [6.07, 6.45) is 2.14. The molecule has 0 radical (unpaired) electrons. The first-order chi connectivity index (χ1) is 10.6. The summed E-state index contributed by atoms with van der Waals surface area (Å²) < 4.78 is 18.2. The van der Waals surface area contributed by atoms with Crippen LogP contribution >= 0.6 is 0 Å². The van der Waals surface area contributed by atoms with Crippen molar-refractivity contribution in [2.45, 2.75) is 98.4 Å². The highest BCUT2D eigenvalue weighted by molar-refractivity contribution is 5.97. The van der Waals surface area contributed by atoms with Crippen molar-refractivity contribution < 1.29 is 19.0 Å². The van der Waals surface area contributed by atoms with Gasteiger partial charge < -0.3 is 14.2 Å². The van der Waals surface area contributed by atoms with E-state index >= 15 is 0 Å². The molecule has 4 nitrogen and oxygen atoms in total. The summed E-state index contributed by atoms with van der Waals surface area (Å²) in [5, 5.41) is 0. The second-order valence-electron chi connectivity index (χ2n) is 7.44. The third-order valence-corrected chi connectivity index (χ3v) is 3.62. The Morgan fingerprint density at radius 1 is 0.913 bits per heavy atom. The molecule has 1 aliphatic rings. The number of hydrogen-bond donors (Lipinski definition) is 0. The summed E-state index contributed by atoms with van der Waals surface area (Å²) in [7, 11) is 0. The van der Waals surface area contributed by atoms with Crippen molar-refractivity contribution in [3.8, 4) is 0 Å². The lowest BCUT2D eigenvalue weighted by Gasteiger charge is -2.39. The molecule has 0 spiro atoms. The van der Waals surface area contributed by atoms with Crippen LogP contribution in [-0.2, 0) is 19.0 Å². The van der Waals surface area contributed by atoms with E-state index in [1.165, 1.54) is 0 Å². The lowest BCUT2D eigenvalue weighted by molar-refractivity contribution is -0.165. The van der Waals surface area contributed by atoms with Gasteiger partial charge in [0.2, 0.25) is 0 Å². The van der Waals surface area contributed by atoms with Gasteiger partial charge in [0.05, 0.1) is 24.4 Å². The van der Waals surface area contributed by atoms with Gasteiger partial charge in [-0.2, -0.15) is 0 Å². The monoisotopic (exact) mass is 326 g/mol. The first-order valence-corrected chi connectivity index (χ1v) is 8.83. The fraction of sp³-hybridized carbons (Fsp3) is 0.842. The second-order valence-corrected chi connectivity index (χ2v) is 7.44. The van der Waals surface area contributed by atoms with E-state index in [0.29, 0.717) is 6.42 Å². The Morgan fingerprint density at radius 2 is 1.43 bits per heavy atom. The van der Waals surface area contributed by atoms with E-state index in [0.717, 1.165) is 5.57 Å². The predicted molar refractivity (Wildman–Crippen MR) is 92.6 cm³/mol. The quantitative estimate of drug-likeness (QED) is 0.678. The van der Waals surface area contributed by atoms with Gasteiger partial charge in [-0.05, 0) is 53.2 Å². The molecule has 0 amide bonds. The fourth-order valence-corrected chi connectivity index (χ4v) is 2.84. The van der Waals surface area contributed by atoms with Crippen LogP contribution in [0.5, 0.6) is 0 Å². The van der Waals surface area contributed by atoms with Gasteiger partial charge in [0.15, 0.2) is 5.78 Å². The average molecular weight is 326 g/mol. The standard InChI is InChI=1S/C19H34O4/c1-11(2)18(20)15-9-16(21-12(3)4)19(23-14(7)8)17(10-15)22-13(5)6/h9,11-14,16-17,19H,10H2,1-8H3. The van der Waals surface area contributed by atoms with E-state index in [1.54, 1.807) is 0 Å². The van der Waals surface area contributed by atoms with Gasteiger partial charge in [-0.3, -0.25) is 4.79 Å². The molecule has 23 heavy (non-hydrogen) atoms. The van der Waals surface area contributed by atoms with Gasteiger partial charge in [-0.1, -0.05) is 13.8 Å². The van der Waals surface area contributed by atoms with Gasteiger partial charge in [0, 0.05) is 12.3 Å². The van der Waals surface area contributed by atoms with Crippen molar-refractivity contribution >= 4 is 5.78 Å². The molecule has 134 valence electrons. The summed E-state index contributed by atoms with van der Waals surface area (Å²) in [6.45, 7) is 15.9. The highest BCUT2D eigenvalue weighted by Crippen LogP contribution is 2.30. The van der Waals surface area contributed by atoms with Gasteiger partial charge in [0.1, 0.15) is 12.2 Å². The molecule has 0 saturated carbocycles. The number of Topliss-reactive ketones (excluding diaryl/α,β-unsaturated/α-hetero) is 1. The number of ether oxygens (including phenoxy) is 3. The number of ketones is 1. The maximum absolute atomic E-state index is 12.5. The van der Waals surface area contributed by atoms with E-state index < -0.39 is 0 Å². The first-order valence-electron chi connectivity index (χ1n) is 8.83. The molecule has 0 saturated heterocycles. The first kappa shape index (κ1) is 20.3. The third kappa shape index (κ3) is 6.36. The molecule has 3 atom stereocenters. The molecule has 1 aliphatic carbocycles. The van der Waals surface area contributed by atoms with Crippen molar-refractivity contribution in [3.63, 3.8) is 0 Å². The van der Waals surface area contributed by atoms with Crippen LogP contribution in [0, 0.1) is 5.92 Å². The zero-order valence-electron chi connectivity index (χ0n) is 16.0. The van der Waals surface area contributed by atoms with E-state index in [9.17, 15) is 4.79 Å². The van der Waals surface area contributed by atoms with Crippen LogP contribution in [0.4, 0.5) is 0 Å². The highest BCUT2D eigenvalue weighted by atomic mass is 16.6. The summed E-state index contributed by atoms with van der Waals surface area (Å²) in [4.78, 5) is 12.5. The Bertz CT molecular complexity index is 410. The molecule has 0 N–H and O–H groups in total. The number of rotatable bonds is 8. The normalized spacial score (nSPS) is 25.6. The van der Waals surface area contributed by atoms with Crippen LogP contribution in [0.1, 0.15) is 61.8 Å². The van der Waals surface area contributed by atoms with Crippen LogP contribution in [0.25, 0.3) is 0 Å². The Kier molecular flexibility index (Phi) is 7.91.